The molecule has 0 fully saturated rings. The van der Waals surface area contributed by atoms with Crippen molar-refractivity contribution in [1.82, 2.24) is 5.32 Å². The first-order chi connectivity index (χ1) is 14.0. The predicted molar refractivity (Wildman–Crippen MR) is 118 cm³/mol. The Balaban J connectivity index is 1.57. The van der Waals surface area contributed by atoms with Gasteiger partial charge in [-0.15, -0.1) is 0 Å². The molecule has 0 bridgehead atoms. The summed E-state index contributed by atoms with van der Waals surface area (Å²) in [6.45, 7) is 4.04. The number of rotatable bonds is 9. The van der Waals surface area contributed by atoms with Gasteiger partial charge in [-0.2, -0.15) is 0 Å². The maximum Gasteiger partial charge on any atom is 0.162 e. The van der Waals surface area contributed by atoms with E-state index in [1.165, 1.54) is 17.7 Å². The van der Waals surface area contributed by atoms with Gasteiger partial charge in [0.05, 0.1) is 7.11 Å². The normalized spacial score (nSPS) is 10.8. The molecule has 0 saturated carbocycles. The van der Waals surface area contributed by atoms with E-state index in [-0.39, 0.29) is 5.82 Å². The van der Waals surface area contributed by atoms with Crippen LogP contribution >= 0.6 is 15.9 Å². The van der Waals surface area contributed by atoms with Gasteiger partial charge in [0.2, 0.25) is 0 Å². The van der Waals surface area contributed by atoms with Gasteiger partial charge in [0.25, 0.3) is 0 Å². The molecule has 0 aliphatic heterocycles. The smallest absolute Gasteiger partial charge is 0.162 e. The largest absolute Gasteiger partial charge is 0.493 e. The maximum absolute atomic E-state index is 13.0. The molecular weight excluding hydrogens is 433 g/mol. The van der Waals surface area contributed by atoms with E-state index in [4.69, 9.17) is 9.47 Å². The van der Waals surface area contributed by atoms with E-state index in [0.29, 0.717) is 24.7 Å². The van der Waals surface area contributed by atoms with E-state index in [0.717, 1.165) is 34.1 Å². The fraction of sp³-hybridized carbons (Fsp3) is 0.250. The molecule has 0 radical (unpaired) electrons. The second kappa shape index (κ2) is 10.4. The Bertz CT molecular complexity index is 944. The summed E-state index contributed by atoms with van der Waals surface area (Å²) in [4.78, 5) is 0. The monoisotopic (exact) mass is 457 g/mol. The van der Waals surface area contributed by atoms with Crippen LogP contribution in [0.25, 0.3) is 0 Å². The van der Waals surface area contributed by atoms with Crippen molar-refractivity contribution in [2.45, 2.75) is 26.5 Å². The summed E-state index contributed by atoms with van der Waals surface area (Å²) in [5, 5.41) is 3.42. The molecule has 0 aliphatic carbocycles. The summed E-state index contributed by atoms with van der Waals surface area (Å²) in [5.41, 5.74) is 4.52. The van der Waals surface area contributed by atoms with Gasteiger partial charge in [0.1, 0.15) is 12.4 Å². The van der Waals surface area contributed by atoms with Crippen molar-refractivity contribution in [3.05, 3.63) is 93.2 Å². The average Bonchev–Trinajstić information content (AvgIpc) is 2.72. The van der Waals surface area contributed by atoms with Crippen LogP contribution < -0.4 is 14.8 Å². The fourth-order valence-corrected chi connectivity index (χ4v) is 3.52. The SMILES string of the molecule is COc1cc(CNCCc2ccc(F)cc2)c(Br)cc1OCc1cccc(C)c1. The number of ether oxygens (including phenoxy) is 2. The Morgan fingerprint density at radius 2 is 1.76 bits per heavy atom. The van der Waals surface area contributed by atoms with Crippen LogP contribution in [-0.4, -0.2) is 13.7 Å². The lowest BCUT2D eigenvalue weighted by Crippen LogP contribution is -2.17. The highest BCUT2D eigenvalue weighted by Gasteiger charge is 2.11. The molecule has 3 aromatic rings. The van der Waals surface area contributed by atoms with Crippen molar-refractivity contribution in [1.29, 1.82) is 0 Å². The first kappa shape index (κ1) is 21.3. The number of hydrogen-bond donors (Lipinski definition) is 1. The molecule has 3 nitrogen and oxygen atoms in total. The Morgan fingerprint density at radius 1 is 0.966 bits per heavy atom. The topological polar surface area (TPSA) is 30.5 Å². The zero-order chi connectivity index (χ0) is 20.6. The van der Waals surface area contributed by atoms with Crippen LogP contribution in [0.4, 0.5) is 4.39 Å². The van der Waals surface area contributed by atoms with Gasteiger partial charge in [-0.3, -0.25) is 0 Å². The van der Waals surface area contributed by atoms with Gasteiger partial charge in [0.15, 0.2) is 11.5 Å². The van der Waals surface area contributed by atoms with Gasteiger partial charge in [0, 0.05) is 11.0 Å². The van der Waals surface area contributed by atoms with Crippen LogP contribution in [0.15, 0.2) is 65.1 Å². The van der Waals surface area contributed by atoms with Crippen LogP contribution in [-0.2, 0) is 19.6 Å². The Morgan fingerprint density at radius 3 is 2.48 bits per heavy atom. The summed E-state index contributed by atoms with van der Waals surface area (Å²) < 4.78 is 25.5. The minimum absolute atomic E-state index is 0.206. The molecule has 0 heterocycles. The minimum Gasteiger partial charge on any atom is -0.493 e. The first-order valence-corrected chi connectivity index (χ1v) is 10.3. The highest BCUT2D eigenvalue weighted by atomic mass is 79.9. The molecule has 1 N–H and O–H groups in total. The summed E-state index contributed by atoms with van der Waals surface area (Å²) in [5.74, 6) is 1.20. The quantitative estimate of drug-likeness (QED) is 0.410. The summed E-state index contributed by atoms with van der Waals surface area (Å²) >= 11 is 3.64. The van der Waals surface area contributed by atoms with Crippen molar-refractivity contribution in [2.75, 3.05) is 13.7 Å². The third-order valence-electron chi connectivity index (χ3n) is 4.63. The van der Waals surface area contributed by atoms with Crippen molar-refractivity contribution in [3.63, 3.8) is 0 Å². The fourth-order valence-electron chi connectivity index (χ4n) is 3.05. The zero-order valence-corrected chi connectivity index (χ0v) is 18.3. The van der Waals surface area contributed by atoms with Crippen LogP contribution in [0.2, 0.25) is 0 Å². The molecule has 0 saturated heterocycles. The average molecular weight is 458 g/mol. The number of hydrogen-bond acceptors (Lipinski definition) is 3. The van der Waals surface area contributed by atoms with Crippen LogP contribution in [0.1, 0.15) is 22.3 Å². The van der Waals surface area contributed by atoms with Crippen molar-refractivity contribution in [2.24, 2.45) is 0 Å². The lowest BCUT2D eigenvalue weighted by Gasteiger charge is -2.15. The molecule has 0 spiro atoms. The zero-order valence-electron chi connectivity index (χ0n) is 16.7. The lowest BCUT2D eigenvalue weighted by molar-refractivity contribution is 0.284. The van der Waals surface area contributed by atoms with E-state index in [1.54, 1.807) is 7.11 Å². The van der Waals surface area contributed by atoms with E-state index >= 15 is 0 Å². The van der Waals surface area contributed by atoms with Gasteiger partial charge in [-0.05, 0) is 60.8 Å². The Hall–Kier alpha value is -2.37. The van der Waals surface area contributed by atoms with Gasteiger partial charge in [-0.25, -0.2) is 4.39 Å². The Kier molecular flexibility index (Phi) is 7.67. The number of benzene rings is 3. The highest BCUT2D eigenvalue weighted by Crippen LogP contribution is 2.34. The molecular formula is C24H25BrFNO2. The molecule has 152 valence electrons. The lowest BCUT2D eigenvalue weighted by atomic mass is 10.1. The third kappa shape index (κ3) is 6.31. The predicted octanol–water partition coefficient (Wildman–Crippen LogP) is 5.82. The maximum atomic E-state index is 13.0. The highest BCUT2D eigenvalue weighted by molar-refractivity contribution is 9.10. The van der Waals surface area contributed by atoms with Crippen molar-refractivity contribution < 1.29 is 13.9 Å². The number of nitrogens with one attached hydrogen (secondary N) is 1. The molecule has 0 amide bonds. The van der Waals surface area contributed by atoms with Gasteiger partial charge >= 0.3 is 0 Å². The molecule has 0 unspecified atom stereocenters. The molecule has 29 heavy (non-hydrogen) atoms. The summed E-state index contributed by atoms with van der Waals surface area (Å²) in [6, 6.07) is 18.8. The van der Waals surface area contributed by atoms with E-state index in [2.05, 4.69) is 40.3 Å². The molecule has 3 aromatic carbocycles. The summed E-state index contributed by atoms with van der Waals surface area (Å²) in [7, 11) is 1.65. The molecule has 0 aliphatic rings. The molecule has 0 atom stereocenters. The van der Waals surface area contributed by atoms with Gasteiger partial charge < -0.3 is 14.8 Å². The van der Waals surface area contributed by atoms with Crippen LogP contribution in [0, 0.1) is 12.7 Å². The first-order valence-electron chi connectivity index (χ1n) is 9.55. The molecule has 3 rings (SSSR count). The van der Waals surface area contributed by atoms with E-state index < -0.39 is 0 Å². The minimum atomic E-state index is -0.206. The van der Waals surface area contributed by atoms with Gasteiger partial charge in [-0.1, -0.05) is 57.9 Å². The third-order valence-corrected chi connectivity index (χ3v) is 5.37. The van der Waals surface area contributed by atoms with Crippen molar-refractivity contribution in [3.8, 4) is 11.5 Å². The number of halogens is 2. The second-order valence-electron chi connectivity index (χ2n) is 6.93. The van der Waals surface area contributed by atoms with Crippen LogP contribution in [0.5, 0.6) is 11.5 Å². The Labute approximate surface area is 180 Å². The van der Waals surface area contributed by atoms with Crippen LogP contribution in [0.3, 0.4) is 0 Å². The standard InChI is InChI=1S/C24H25BrFNO2/c1-17-4-3-5-19(12-17)16-29-24-14-22(25)20(13-23(24)28-2)15-27-11-10-18-6-8-21(26)9-7-18/h3-9,12-14,27H,10-11,15-16H2,1-2H3. The summed E-state index contributed by atoms with van der Waals surface area (Å²) in [6.07, 6.45) is 0.840. The molecule has 0 aromatic heterocycles. The van der Waals surface area contributed by atoms with E-state index in [1.807, 2.05) is 36.4 Å². The van der Waals surface area contributed by atoms with Crippen molar-refractivity contribution >= 4 is 15.9 Å². The van der Waals surface area contributed by atoms with E-state index in [9.17, 15) is 4.39 Å². The second-order valence-corrected chi connectivity index (χ2v) is 7.78. The number of methoxy groups -OCH3 is 1. The molecule has 5 heteroatoms. The number of aryl methyl sites for hydroxylation is 1.